The number of oxime groups is 1. The molecule has 0 radical (unpaired) electrons. The van der Waals surface area contributed by atoms with Gasteiger partial charge in [0.1, 0.15) is 5.41 Å². The van der Waals surface area contributed by atoms with E-state index in [2.05, 4.69) is 10.5 Å². The molecule has 0 aromatic heterocycles. The first-order valence-corrected chi connectivity index (χ1v) is 8.42. The summed E-state index contributed by atoms with van der Waals surface area (Å²) in [6, 6.07) is 0. The van der Waals surface area contributed by atoms with Crippen molar-refractivity contribution in [1.82, 2.24) is 5.32 Å². The predicted molar refractivity (Wildman–Crippen MR) is 80.9 cm³/mol. The van der Waals surface area contributed by atoms with Crippen LogP contribution >= 0.6 is 0 Å². The molecule has 3 atom stereocenters. The molecule has 3 unspecified atom stereocenters. The lowest BCUT2D eigenvalue weighted by Gasteiger charge is -2.35. The van der Waals surface area contributed by atoms with Crippen LogP contribution in [0, 0.1) is 23.2 Å². The minimum absolute atomic E-state index is 0.0275. The molecule has 5 nitrogen and oxygen atoms in total. The van der Waals surface area contributed by atoms with Gasteiger partial charge in [0.15, 0.2) is 5.84 Å². The Hall–Kier alpha value is -1.26. The number of carbonyl (C=O) groups excluding carboxylic acids is 1. The maximum absolute atomic E-state index is 12.7. The Morgan fingerprint density at radius 2 is 2.00 bits per heavy atom. The van der Waals surface area contributed by atoms with Crippen LogP contribution in [0.4, 0.5) is 0 Å². The highest BCUT2D eigenvalue weighted by molar-refractivity contribution is 6.06. The molecule has 21 heavy (non-hydrogen) atoms. The molecule has 1 amide bonds. The van der Waals surface area contributed by atoms with Crippen LogP contribution in [0.5, 0.6) is 0 Å². The Morgan fingerprint density at radius 1 is 1.24 bits per heavy atom. The molecular formula is C16H27N3O2. The Labute approximate surface area is 126 Å². The number of nitrogens with two attached hydrogens (primary N) is 1. The Balaban J connectivity index is 1.62. The highest BCUT2D eigenvalue weighted by Crippen LogP contribution is 2.48. The molecule has 3 saturated carbocycles. The fraction of sp³-hybridized carbons (Fsp3) is 0.875. The monoisotopic (exact) mass is 293 g/mol. The maximum atomic E-state index is 12.7. The van der Waals surface area contributed by atoms with E-state index in [-0.39, 0.29) is 11.7 Å². The average Bonchev–Trinajstić information content (AvgIpc) is 3.15. The highest BCUT2D eigenvalue weighted by Gasteiger charge is 2.45. The van der Waals surface area contributed by atoms with Gasteiger partial charge in [-0.05, 0) is 49.9 Å². The third kappa shape index (κ3) is 2.62. The van der Waals surface area contributed by atoms with Crippen LogP contribution in [-0.2, 0) is 4.79 Å². The Bertz CT molecular complexity index is 429. The first-order valence-electron chi connectivity index (χ1n) is 8.42. The second-order valence-electron chi connectivity index (χ2n) is 7.27. The van der Waals surface area contributed by atoms with E-state index in [1.165, 1.54) is 25.7 Å². The number of nitrogens with zero attached hydrogens (tertiary/aromatic N) is 1. The lowest BCUT2D eigenvalue weighted by atomic mass is 9.72. The van der Waals surface area contributed by atoms with Crippen molar-refractivity contribution in [1.29, 1.82) is 0 Å². The summed E-state index contributed by atoms with van der Waals surface area (Å²) in [5.74, 6) is 2.40. The van der Waals surface area contributed by atoms with E-state index in [1.807, 2.05) is 0 Å². The fourth-order valence-electron chi connectivity index (χ4n) is 4.87. The van der Waals surface area contributed by atoms with E-state index in [1.54, 1.807) is 0 Å². The number of amides is 1. The third-order valence-electron chi connectivity index (χ3n) is 6.15. The second kappa shape index (κ2) is 5.85. The van der Waals surface area contributed by atoms with Gasteiger partial charge in [-0.15, -0.1) is 0 Å². The molecule has 118 valence electrons. The maximum Gasteiger partial charge on any atom is 0.233 e. The molecule has 0 aromatic rings. The molecule has 0 saturated heterocycles. The van der Waals surface area contributed by atoms with E-state index >= 15 is 0 Å². The summed E-state index contributed by atoms with van der Waals surface area (Å²) in [6.45, 7) is 0.764. The SMILES string of the molecule is NC(=NO)C1(C(=O)NCC2CC3CCC2C3)CCCCC1. The van der Waals surface area contributed by atoms with Crippen LogP contribution in [0.3, 0.4) is 0 Å². The molecule has 2 bridgehead atoms. The molecule has 3 rings (SSSR count). The van der Waals surface area contributed by atoms with Crippen molar-refractivity contribution in [2.24, 2.45) is 34.1 Å². The highest BCUT2D eigenvalue weighted by atomic mass is 16.4. The Morgan fingerprint density at radius 3 is 2.57 bits per heavy atom. The zero-order valence-electron chi connectivity index (χ0n) is 12.7. The van der Waals surface area contributed by atoms with Gasteiger partial charge in [0, 0.05) is 6.54 Å². The van der Waals surface area contributed by atoms with Crippen LogP contribution in [-0.4, -0.2) is 23.5 Å². The molecule has 3 aliphatic rings. The van der Waals surface area contributed by atoms with Gasteiger partial charge in [0.25, 0.3) is 0 Å². The molecule has 5 heteroatoms. The molecule has 0 spiro atoms. The van der Waals surface area contributed by atoms with Gasteiger partial charge < -0.3 is 16.3 Å². The molecular weight excluding hydrogens is 266 g/mol. The predicted octanol–water partition coefficient (Wildman–Crippen LogP) is 2.24. The number of rotatable bonds is 4. The molecule has 3 fully saturated rings. The quantitative estimate of drug-likeness (QED) is 0.321. The van der Waals surface area contributed by atoms with E-state index in [0.717, 1.165) is 37.6 Å². The van der Waals surface area contributed by atoms with Crippen molar-refractivity contribution in [2.75, 3.05) is 6.54 Å². The van der Waals surface area contributed by atoms with E-state index in [4.69, 9.17) is 10.9 Å². The van der Waals surface area contributed by atoms with Crippen LogP contribution in [0.2, 0.25) is 0 Å². The van der Waals surface area contributed by atoms with Crippen molar-refractivity contribution in [2.45, 2.75) is 57.8 Å². The van der Waals surface area contributed by atoms with Gasteiger partial charge >= 0.3 is 0 Å². The normalized spacial score (nSPS) is 34.9. The first-order chi connectivity index (χ1) is 10.2. The lowest BCUT2D eigenvalue weighted by molar-refractivity contribution is -0.129. The van der Waals surface area contributed by atoms with Crippen molar-refractivity contribution in [3.63, 3.8) is 0 Å². The molecule has 0 heterocycles. The minimum Gasteiger partial charge on any atom is -0.409 e. The second-order valence-corrected chi connectivity index (χ2v) is 7.27. The number of carbonyl (C=O) groups is 1. The van der Waals surface area contributed by atoms with Gasteiger partial charge in [0.2, 0.25) is 5.91 Å². The largest absolute Gasteiger partial charge is 0.409 e. The number of hydrogen-bond donors (Lipinski definition) is 3. The van der Waals surface area contributed by atoms with E-state index < -0.39 is 5.41 Å². The average molecular weight is 293 g/mol. The zero-order valence-corrected chi connectivity index (χ0v) is 12.7. The minimum atomic E-state index is -0.773. The first kappa shape index (κ1) is 14.7. The molecule has 4 N–H and O–H groups in total. The zero-order chi connectivity index (χ0) is 14.9. The van der Waals surface area contributed by atoms with Gasteiger partial charge in [0.05, 0.1) is 0 Å². The summed E-state index contributed by atoms with van der Waals surface area (Å²) in [5, 5.41) is 15.3. The third-order valence-corrected chi connectivity index (χ3v) is 6.15. The summed E-state index contributed by atoms with van der Waals surface area (Å²) >= 11 is 0. The van der Waals surface area contributed by atoms with E-state index in [0.29, 0.717) is 18.8 Å². The number of fused-ring (bicyclic) bond motifs is 2. The van der Waals surface area contributed by atoms with Crippen molar-refractivity contribution < 1.29 is 10.0 Å². The summed E-state index contributed by atoms with van der Waals surface area (Å²) in [6.07, 6.45) is 9.79. The van der Waals surface area contributed by atoms with Crippen molar-refractivity contribution in [3.8, 4) is 0 Å². The van der Waals surface area contributed by atoms with E-state index in [9.17, 15) is 4.79 Å². The van der Waals surface area contributed by atoms with Crippen LogP contribution in [0.15, 0.2) is 5.16 Å². The number of nitrogens with one attached hydrogen (secondary N) is 1. The standard InChI is InChI=1S/C16H27N3O2/c17-14(19-21)16(6-2-1-3-7-16)15(20)18-10-13-9-11-4-5-12(13)8-11/h11-13,21H,1-10H2,(H2,17,19)(H,18,20). The summed E-state index contributed by atoms with van der Waals surface area (Å²) < 4.78 is 0. The van der Waals surface area contributed by atoms with Gasteiger partial charge in [-0.2, -0.15) is 0 Å². The number of hydrogen-bond acceptors (Lipinski definition) is 3. The lowest BCUT2D eigenvalue weighted by Crippen LogP contribution is -2.51. The van der Waals surface area contributed by atoms with Crippen LogP contribution < -0.4 is 11.1 Å². The smallest absolute Gasteiger partial charge is 0.233 e. The summed E-state index contributed by atoms with van der Waals surface area (Å²) in [5.41, 5.74) is 5.09. The van der Waals surface area contributed by atoms with Crippen LogP contribution in [0.25, 0.3) is 0 Å². The molecule has 3 aliphatic carbocycles. The molecule has 0 aromatic carbocycles. The van der Waals surface area contributed by atoms with Gasteiger partial charge in [-0.1, -0.05) is 30.8 Å². The van der Waals surface area contributed by atoms with Crippen molar-refractivity contribution >= 4 is 11.7 Å². The summed E-state index contributed by atoms with van der Waals surface area (Å²) in [4.78, 5) is 12.7. The summed E-state index contributed by atoms with van der Waals surface area (Å²) in [7, 11) is 0. The topological polar surface area (TPSA) is 87.7 Å². The molecule has 0 aliphatic heterocycles. The Kier molecular flexibility index (Phi) is 4.09. The van der Waals surface area contributed by atoms with Gasteiger partial charge in [-0.25, -0.2) is 0 Å². The number of amidine groups is 1. The van der Waals surface area contributed by atoms with Crippen LogP contribution in [0.1, 0.15) is 57.8 Å². The van der Waals surface area contributed by atoms with Gasteiger partial charge in [-0.3, -0.25) is 4.79 Å². The van der Waals surface area contributed by atoms with Crippen molar-refractivity contribution in [3.05, 3.63) is 0 Å². The fourth-order valence-corrected chi connectivity index (χ4v) is 4.87.